The van der Waals surface area contributed by atoms with Crippen molar-refractivity contribution < 1.29 is 22.7 Å². The van der Waals surface area contributed by atoms with Gasteiger partial charge in [0, 0.05) is 34.2 Å². The Morgan fingerprint density at radius 2 is 1.80 bits per heavy atom. The highest BCUT2D eigenvalue weighted by Crippen LogP contribution is 2.48. The molecule has 0 saturated carbocycles. The molecular formula is C22H21NO5S2. The first-order valence-electron chi connectivity index (χ1n) is 9.30. The quantitative estimate of drug-likeness (QED) is 0.633. The number of methoxy groups -OCH3 is 2. The molecule has 1 amide bonds. The van der Waals surface area contributed by atoms with Gasteiger partial charge in [-0.15, -0.1) is 11.3 Å². The average Bonchev–Trinajstić information content (AvgIpc) is 3.17. The summed E-state index contributed by atoms with van der Waals surface area (Å²) in [5, 5.41) is 4.39. The topological polar surface area (TPSA) is 81.7 Å². The van der Waals surface area contributed by atoms with E-state index in [1.807, 2.05) is 19.1 Å². The van der Waals surface area contributed by atoms with Crippen LogP contribution in [0.2, 0.25) is 0 Å². The number of fused-ring (bicyclic) bond motifs is 1. The molecule has 0 fully saturated rings. The Hall–Kier alpha value is -2.84. The lowest BCUT2D eigenvalue weighted by atomic mass is 9.90. The van der Waals surface area contributed by atoms with E-state index < -0.39 is 9.84 Å². The molecule has 2 aromatic carbocycles. The summed E-state index contributed by atoms with van der Waals surface area (Å²) in [7, 11) is -0.634. The maximum atomic E-state index is 13.2. The van der Waals surface area contributed by atoms with Crippen molar-refractivity contribution in [3.63, 3.8) is 0 Å². The molecule has 156 valence electrons. The number of aryl methyl sites for hydroxylation is 1. The van der Waals surface area contributed by atoms with E-state index in [0.717, 1.165) is 16.0 Å². The highest BCUT2D eigenvalue weighted by Gasteiger charge is 2.35. The SMILES string of the molecule is COc1ccc([C@H]2CC(=O)Nc3c(S(=O)(=O)c4ccc(C)cc4)csc32)c(OC)c1. The molecule has 0 unspecified atom stereocenters. The second-order valence-electron chi connectivity index (χ2n) is 7.07. The van der Waals surface area contributed by atoms with E-state index in [-0.39, 0.29) is 28.0 Å². The van der Waals surface area contributed by atoms with Gasteiger partial charge in [-0.05, 0) is 25.1 Å². The van der Waals surface area contributed by atoms with Gasteiger partial charge in [0.2, 0.25) is 15.7 Å². The number of carbonyl (C=O) groups is 1. The highest BCUT2D eigenvalue weighted by atomic mass is 32.2. The van der Waals surface area contributed by atoms with Crippen LogP contribution in [0.3, 0.4) is 0 Å². The number of nitrogens with one attached hydrogen (secondary N) is 1. The Labute approximate surface area is 179 Å². The van der Waals surface area contributed by atoms with Crippen molar-refractivity contribution in [3.8, 4) is 11.5 Å². The van der Waals surface area contributed by atoms with Crippen LogP contribution in [0.4, 0.5) is 5.69 Å². The van der Waals surface area contributed by atoms with E-state index in [9.17, 15) is 13.2 Å². The Balaban J connectivity index is 1.83. The van der Waals surface area contributed by atoms with E-state index in [2.05, 4.69) is 5.32 Å². The summed E-state index contributed by atoms with van der Waals surface area (Å²) in [6, 6.07) is 12.1. The molecule has 1 aliphatic rings. The van der Waals surface area contributed by atoms with Gasteiger partial charge in [0.1, 0.15) is 16.4 Å². The summed E-state index contributed by atoms with van der Waals surface area (Å²) >= 11 is 1.33. The zero-order valence-corrected chi connectivity index (χ0v) is 18.4. The van der Waals surface area contributed by atoms with E-state index in [1.165, 1.54) is 11.3 Å². The fourth-order valence-corrected chi connectivity index (χ4v) is 6.50. The third-order valence-corrected chi connectivity index (χ3v) is 8.23. The van der Waals surface area contributed by atoms with Crippen molar-refractivity contribution in [1.29, 1.82) is 0 Å². The highest BCUT2D eigenvalue weighted by molar-refractivity contribution is 7.91. The zero-order chi connectivity index (χ0) is 21.5. The Morgan fingerprint density at radius 1 is 1.07 bits per heavy atom. The predicted octanol–water partition coefficient (Wildman–Crippen LogP) is 4.38. The lowest BCUT2D eigenvalue weighted by molar-refractivity contribution is -0.116. The largest absolute Gasteiger partial charge is 0.497 e. The van der Waals surface area contributed by atoms with Crippen molar-refractivity contribution in [2.75, 3.05) is 19.5 Å². The summed E-state index contributed by atoms with van der Waals surface area (Å²) in [4.78, 5) is 13.6. The van der Waals surface area contributed by atoms with Crippen LogP contribution in [0.15, 0.2) is 57.6 Å². The number of anilines is 1. The Morgan fingerprint density at radius 3 is 2.47 bits per heavy atom. The smallest absolute Gasteiger partial charge is 0.225 e. The lowest BCUT2D eigenvalue weighted by Crippen LogP contribution is -2.23. The molecule has 8 heteroatoms. The van der Waals surface area contributed by atoms with Crippen molar-refractivity contribution in [2.45, 2.75) is 29.1 Å². The predicted molar refractivity (Wildman–Crippen MR) is 116 cm³/mol. The van der Waals surface area contributed by atoms with Crippen molar-refractivity contribution in [2.24, 2.45) is 0 Å². The first kappa shape index (κ1) is 20.4. The van der Waals surface area contributed by atoms with Gasteiger partial charge in [-0.2, -0.15) is 0 Å². The molecule has 1 N–H and O–H groups in total. The number of benzene rings is 2. The van der Waals surface area contributed by atoms with Gasteiger partial charge in [-0.25, -0.2) is 8.42 Å². The van der Waals surface area contributed by atoms with Gasteiger partial charge in [-0.1, -0.05) is 23.8 Å². The number of amides is 1. The summed E-state index contributed by atoms with van der Waals surface area (Å²) < 4.78 is 37.3. The zero-order valence-electron chi connectivity index (χ0n) is 16.8. The average molecular weight is 444 g/mol. The van der Waals surface area contributed by atoms with Gasteiger partial charge in [0.25, 0.3) is 0 Å². The van der Waals surface area contributed by atoms with Crippen LogP contribution in [0, 0.1) is 6.92 Å². The second kappa shape index (κ2) is 7.77. The van der Waals surface area contributed by atoms with Crippen LogP contribution < -0.4 is 14.8 Å². The number of sulfone groups is 1. The number of rotatable bonds is 5. The molecule has 0 spiro atoms. The van der Waals surface area contributed by atoms with Gasteiger partial charge >= 0.3 is 0 Å². The van der Waals surface area contributed by atoms with Gasteiger partial charge in [0.05, 0.1) is 24.8 Å². The third kappa shape index (κ3) is 3.46. The maximum absolute atomic E-state index is 13.2. The summed E-state index contributed by atoms with van der Waals surface area (Å²) in [6.45, 7) is 1.90. The summed E-state index contributed by atoms with van der Waals surface area (Å²) in [5.41, 5.74) is 2.15. The molecule has 1 aromatic heterocycles. The lowest BCUT2D eigenvalue weighted by Gasteiger charge is -2.25. The maximum Gasteiger partial charge on any atom is 0.225 e. The van der Waals surface area contributed by atoms with E-state index in [1.54, 1.807) is 49.9 Å². The van der Waals surface area contributed by atoms with Crippen LogP contribution in [-0.4, -0.2) is 28.5 Å². The molecule has 3 aromatic rings. The van der Waals surface area contributed by atoms with Gasteiger partial charge in [-0.3, -0.25) is 4.79 Å². The molecule has 0 saturated heterocycles. The van der Waals surface area contributed by atoms with Crippen molar-refractivity contribution in [3.05, 3.63) is 63.8 Å². The molecule has 1 aliphatic heterocycles. The summed E-state index contributed by atoms with van der Waals surface area (Å²) in [6.07, 6.45) is 0.209. The number of hydrogen-bond donors (Lipinski definition) is 1. The molecule has 0 radical (unpaired) electrons. The van der Waals surface area contributed by atoms with Gasteiger partial charge in [0.15, 0.2) is 0 Å². The number of carbonyl (C=O) groups excluding carboxylic acids is 1. The monoisotopic (exact) mass is 443 g/mol. The Bertz CT molecular complexity index is 1210. The standard InChI is InChI=1S/C22H21NO5S2/c1-13-4-7-15(8-5-13)30(25,26)19-12-29-22-17(11-20(24)23-21(19)22)16-9-6-14(27-2)10-18(16)28-3/h4-10,12,17H,11H2,1-3H3,(H,23,24)/t17-/m1/s1. The van der Waals surface area contributed by atoms with E-state index in [0.29, 0.717) is 17.2 Å². The minimum Gasteiger partial charge on any atom is -0.497 e. The molecule has 4 rings (SSSR count). The van der Waals surface area contributed by atoms with Crippen LogP contribution in [0.1, 0.15) is 28.3 Å². The second-order valence-corrected chi connectivity index (χ2v) is 9.90. The third-order valence-electron chi connectivity index (χ3n) is 5.19. The molecule has 30 heavy (non-hydrogen) atoms. The van der Waals surface area contributed by atoms with Crippen LogP contribution in [-0.2, 0) is 14.6 Å². The molecular weight excluding hydrogens is 422 g/mol. The molecule has 6 nitrogen and oxygen atoms in total. The normalized spacial score (nSPS) is 16.0. The number of hydrogen-bond acceptors (Lipinski definition) is 6. The molecule has 1 atom stereocenters. The summed E-state index contributed by atoms with van der Waals surface area (Å²) in [5.74, 6) is 0.701. The van der Waals surface area contributed by atoms with Crippen molar-refractivity contribution >= 4 is 32.8 Å². The minimum atomic E-state index is -3.76. The Kier molecular flexibility index (Phi) is 5.29. The number of ether oxygens (including phenoxy) is 2. The van der Waals surface area contributed by atoms with E-state index in [4.69, 9.17) is 9.47 Å². The first-order chi connectivity index (χ1) is 14.3. The van der Waals surface area contributed by atoms with Crippen LogP contribution in [0.5, 0.6) is 11.5 Å². The fraction of sp³-hybridized carbons (Fsp3) is 0.227. The minimum absolute atomic E-state index is 0.122. The fourth-order valence-electron chi connectivity index (χ4n) is 3.60. The molecule has 0 aliphatic carbocycles. The van der Waals surface area contributed by atoms with E-state index >= 15 is 0 Å². The number of thiophene rings is 1. The molecule has 0 bridgehead atoms. The molecule has 2 heterocycles. The van der Waals surface area contributed by atoms with Gasteiger partial charge < -0.3 is 14.8 Å². The van der Waals surface area contributed by atoms with Crippen LogP contribution in [0.25, 0.3) is 0 Å². The van der Waals surface area contributed by atoms with Crippen LogP contribution >= 0.6 is 11.3 Å². The first-order valence-corrected chi connectivity index (χ1v) is 11.7. The van der Waals surface area contributed by atoms with Crippen molar-refractivity contribution in [1.82, 2.24) is 0 Å².